The van der Waals surface area contributed by atoms with E-state index < -0.39 is 0 Å². The van der Waals surface area contributed by atoms with E-state index in [0.29, 0.717) is 0 Å². The van der Waals surface area contributed by atoms with Crippen LogP contribution in [0.1, 0.15) is 36.5 Å². The first kappa shape index (κ1) is 7.84. The smallest absolute Gasteiger partial charge is 0.109 e. The zero-order valence-electron chi connectivity index (χ0n) is 7.93. The largest absolute Gasteiger partial charge is 0.332 e. The number of nitrogens with zero attached hydrogens (tertiary/aromatic N) is 2. The fraction of sp³-hybridized carbons (Fsp3) is 0.700. The van der Waals surface area contributed by atoms with Gasteiger partial charge in [-0.25, -0.2) is 4.98 Å². The molecular formula is C10H16N2. The average molecular weight is 164 g/mol. The number of imidazole rings is 1. The van der Waals surface area contributed by atoms with Crippen molar-refractivity contribution in [1.29, 1.82) is 0 Å². The third-order valence-electron chi connectivity index (χ3n) is 2.82. The van der Waals surface area contributed by atoms with Crippen LogP contribution in [0.2, 0.25) is 0 Å². The molecule has 1 aliphatic heterocycles. The Bertz CT molecular complexity index is 286. The van der Waals surface area contributed by atoms with Gasteiger partial charge in [-0.15, -0.1) is 0 Å². The van der Waals surface area contributed by atoms with E-state index in [9.17, 15) is 0 Å². The molecule has 2 rings (SSSR count). The van der Waals surface area contributed by atoms with Crippen LogP contribution in [0.25, 0.3) is 0 Å². The molecule has 2 heteroatoms. The second kappa shape index (κ2) is 2.92. The first-order chi connectivity index (χ1) is 5.79. The van der Waals surface area contributed by atoms with E-state index in [1.807, 2.05) is 0 Å². The highest BCUT2D eigenvalue weighted by molar-refractivity contribution is 5.14. The molecule has 2 heterocycles. The number of hydrogen-bond acceptors (Lipinski definition) is 1. The molecule has 1 aromatic rings. The van der Waals surface area contributed by atoms with Gasteiger partial charge in [0, 0.05) is 18.7 Å². The summed E-state index contributed by atoms with van der Waals surface area (Å²) >= 11 is 0. The standard InChI is InChI=1S/C10H16N2/c1-8-9(2)12-7-5-3-4-6-10(12)11-8/h3-7H2,1-2H3. The average Bonchev–Trinajstić information content (AvgIpc) is 2.30. The minimum Gasteiger partial charge on any atom is -0.332 e. The maximum atomic E-state index is 4.57. The number of aromatic nitrogens is 2. The third-order valence-corrected chi connectivity index (χ3v) is 2.82. The van der Waals surface area contributed by atoms with Crippen molar-refractivity contribution in [1.82, 2.24) is 9.55 Å². The quantitative estimate of drug-likeness (QED) is 0.575. The Morgan fingerprint density at radius 3 is 2.83 bits per heavy atom. The summed E-state index contributed by atoms with van der Waals surface area (Å²) in [4.78, 5) is 4.57. The molecule has 0 aromatic carbocycles. The maximum absolute atomic E-state index is 4.57. The molecule has 0 atom stereocenters. The van der Waals surface area contributed by atoms with Crippen LogP contribution in [-0.2, 0) is 13.0 Å². The zero-order valence-corrected chi connectivity index (χ0v) is 7.93. The Morgan fingerprint density at radius 2 is 2.00 bits per heavy atom. The van der Waals surface area contributed by atoms with Crippen LogP contribution < -0.4 is 0 Å². The molecule has 1 aliphatic rings. The first-order valence-corrected chi connectivity index (χ1v) is 4.81. The summed E-state index contributed by atoms with van der Waals surface area (Å²) in [6.07, 6.45) is 5.18. The second-order valence-electron chi connectivity index (χ2n) is 3.66. The van der Waals surface area contributed by atoms with E-state index in [1.165, 1.54) is 49.4 Å². The van der Waals surface area contributed by atoms with E-state index in [0.717, 1.165) is 0 Å². The van der Waals surface area contributed by atoms with Crippen molar-refractivity contribution in [2.24, 2.45) is 0 Å². The molecule has 0 saturated carbocycles. The molecule has 1 aromatic heterocycles. The van der Waals surface area contributed by atoms with Gasteiger partial charge in [-0.2, -0.15) is 0 Å². The molecule has 0 N–H and O–H groups in total. The lowest BCUT2D eigenvalue weighted by atomic mass is 10.2. The summed E-state index contributed by atoms with van der Waals surface area (Å²) in [5.74, 6) is 1.31. The minimum atomic E-state index is 1.18. The fourth-order valence-corrected chi connectivity index (χ4v) is 1.94. The van der Waals surface area contributed by atoms with E-state index in [-0.39, 0.29) is 0 Å². The molecule has 2 nitrogen and oxygen atoms in total. The summed E-state index contributed by atoms with van der Waals surface area (Å²) in [5.41, 5.74) is 2.58. The summed E-state index contributed by atoms with van der Waals surface area (Å²) in [6.45, 7) is 5.47. The second-order valence-corrected chi connectivity index (χ2v) is 3.66. The lowest BCUT2D eigenvalue weighted by Crippen LogP contribution is -2.02. The highest BCUT2D eigenvalue weighted by Crippen LogP contribution is 2.17. The van der Waals surface area contributed by atoms with E-state index in [2.05, 4.69) is 23.4 Å². The van der Waals surface area contributed by atoms with Crippen LogP contribution in [0, 0.1) is 13.8 Å². The van der Waals surface area contributed by atoms with Crippen molar-refractivity contribution in [2.45, 2.75) is 46.1 Å². The van der Waals surface area contributed by atoms with Crippen molar-refractivity contribution < 1.29 is 0 Å². The monoisotopic (exact) mass is 164 g/mol. The van der Waals surface area contributed by atoms with Gasteiger partial charge in [-0.1, -0.05) is 6.42 Å². The third kappa shape index (κ3) is 1.15. The Balaban J connectivity index is 2.42. The van der Waals surface area contributed by atoms with Crippen LogP contribution in [0.5, 0.6) is 0 Å². The van der Waals surface area contributed by atoms with Crippen molar-refractivity contribution in [3.63, 3.8) is 0 Å². The first-order valence-electron chi connectivity index (χ1n) is 4.81. The topological polar surface area (TPSA) is 17.8 Å². The summed E-state index contributed by atoms with van der Waals surface area (Å²) in [7, 11) is 0. The Kier molecular flexibility index (Phi) is 1.91. The predicted molar refractivity (Wildman–Crippen MR) is 49.3 cm³/mol. The van der Waals surface area contributed by atoms with Crippen LogP contribution in [0.3, 0.4) is 0 Å². The SMILES string of the molecule is Cc1nc2n(c1C)CCCCC2. The highest BCUT2D eigenvalue weighted by atomic mass is 15.1. The van der Waals surface area contributed by atoms with Gasteiger partial charge in [0.1, 0.15) is 5.82 Å². The number of rotatable bonds is 0. The van der Waals surface area contributed by atoms with Gasteiger partial charge in [0.25, 0.3) is 0 Å². The van der Waals surface area contributed by atoms with E-state index in [4.69, 9.17) is 0 Å². The van der Waals surface area contributed by atoms with Gasteiger partial charge < -0.3 is 4.57 Å². The number of fused-ring (bicyclic) bond motifs is 1. The molecule has 0 saturated heterocycles. The molecule has 12 heavy (non-hydrogen) atoms. The number of aryl methyl sites for hydroxylation is 2. The van der Waals surface area contributed by atoms with Crippen LogP contribution in [0.4, 0.5) is 0 Å². The fourth-order valence-electron chi connectivity index (χ4n) is 1.94. The van der Waals surface area contributed by atoms with E-state index in [1.54, 1.807) is 0 Å². The van der Waals surface area contributed by atoms with Crippen molar-refractivity contribution in [3.8, 4) is 0 Å². The lowest BCUT2D eigenvalue weighted by molar-refractivity contribution is 0.622. The van der Waals surface area contributed by atoms with Crippen molar-refractivity contribution in [3.05, 3.63) is 17.2 Å². The van der Waals surface area contributed by atoms with Crippen molar-refractivity contribution >= 4 is 0 Å². The summed E-state index contributed by atoms with van der Waals surface area (Å²) < 4.78 is 2.39. The molecule has 0 radical (unpaired) electrons. The molecular weight excluding hydrogens is 148 g/mol. The zero-order chi connectivity index (χ0) is 8.55. The summed E-state index contributed by atoms with van der Waals surface area (Å²) in [5, 5.41) is 0. The maximum Gasteiger partial charge on any atom is 0.109 e. The van der Waals surface area contributed by atoms with Gasteiger partial charge in [-0.3, -0.25) is 0 Å². The van der Waals surface area contributed by atoms with Gasteiger partial charge in [-0.05, 0) is 26.7 Å². The molecule has 0 unspecified atom stereocenters. The van der Waals surface area contributed by atoms with Gasteiger partial charge in [0.05, 0.1) is 5.69 Å². The minimum absolute atomic E-state index is 1.18. The van der Waals surface area contributed by atoms with Crippen LogP contribution in [-0.4, -0.2) is 9.55 Å². The molecule has 0 aliphatic carbocycles. The van der Waals surface area contributed by atoms with Crippen LogP contribution >= 0.6 is 0 Å². The molecule has 66 valence electrons. The van der Waals surface area contributed by atoms with Gasteiger partial charge >= 0.3 is 0 Å². The van der Waals surface area contributed by atoms with Gasteiger partial charge in [0.15, 0.2) is 0 Å². The number of hydrogen-bond donors (Lipinski definition) is 0. The summed E-state index contributed by atoms with van der Waals surface area (Å²) in [6, 6.07) is 0. The predicted octanol–water partition coefficient (Wildman–Crippen LogP) is 2.23. The Hall–Kier alpha value is -0.790. The molecule has 0 amide bonds. The molecule has 0 fully saturated rings. The normalized spacial score (nSPS) is 17.2. The van der Waals surface area contributed by atoms with Crippen molar-refractivity contribution in [2.75, 3.05) is 0 Å². The lowest BCUT2D eigenvalue weighted by Gasteiger charge is -2.04. The van der Waals surface area contributed by atoms with Crippen LogP contribution in [0.15, 0.2) is 0 Å². The molecule has 0 bridgehead atoms. The Labute approximate surface area is 73.6 Å². The van der Waals surface area contributed by atoms with Gasteiger partial charge in [0.2, 0.25) is 0 Å². The highest BCUT2D eigenvalue weighted by Gasteiger charge is 2.12. The molecule has 0 spiro atoms. The van der Waals surface area contributed by atoms with E-state index >= 15 is 0 Å². The Morgan fingerprint density at radius 1 is 1.17 bits per heavy atom.